The maximum Gasteiger partial charge on any atom is 0.336 e. The number of thiol groups is 1. The summed E-state index contributed by atoms with van der Waals surface area (Å²) in [6.07, 6.45) is 3.87. The Morgan fingerprint density at radius 2 is 1.74 bits per heavy atom. The Morgan fingerprint density at radius 1 is 1.03 bits per heavy atom. The van der Waals surface area contributed by atoms with Crippen molar-refractivity contribution in [1.82, 2.24) is 9.97 Å². The van der Waals surface area contributed by atoms with Crippen molar-refractivity contribution in [3.05, 3.63) is 54.7 Å². The lowest BCUT2D eigenvalue weighted by atomic mass is 10.2. The van der Waals surface area contributed by atoms with Gasteiger partial charge in [0, 0.05) is 42.8 Å². The van der Waals surface area contributed by atoms with Crippen molar-refractivity contribution in [2.24, 2.45) is 0 Å². The second kappa shape index (κ2) is 12.0. The van der Waals surface area contributed by atoms with E-state index in [0.29, 0.717) is 43.6 Å². The third kappa shape index (κ3) is 5.88. The van der Waals surface area contributed by atoms with Gasteiger partial charge >= 0.3 is 6.03 Å². The van der Waals surface area contributed by atoms with Crippen LogP contribution in [0.1, 0.15) is 0 Å². The molecule has 0 radical (unpaired) electrons. The summed E-state index contributed by atoms with van der Waals surface area (Å²) in [4.78, 5) is 39.2. The van der Waals surface area contributed by atoms with Crippen LogP contribution in [0.25, 0.3) is 11.4 Å². The fourth-order valence-electron chi connectivity index (χ4n) is 4.21. The van der Waals surface area contributed by atoms with Gasteiger partial charge in [0.15, 0.2) is 5.82 Å². The third-order valence-electron chi connectivity index (χ3n) is 6.25. The Bertz CT molecular complexity index is 1290. The molecule has 0 aliphatic carbocycles. The predicted octanol–water partition coefficient (Wildman–Crippen LogP) is 3.95. The monoisotopic (exact) mass is 552 g/mol. The third-order valence-corrected chi connectivity index (χ3v) is 7.39. The fraction of sp³-hybridized carbons (Fsp3) is 0.308. The van der Waals surface area contributed by atoms with Crippen molar-refractivity contribution < 1.29 is 19.1 Å². The normalized spacial score (nSPS) is 15.9. The van der Waals surface area contributed by atoms with Crippen molar-refractivity contribution in [1.29, 1.82) is 0 Å². The molecule has 0 spiro atoms. The highest BCUT2D eigenvalue weighted by Gasteiger charge is 2.21. The maximum absolute atomic E-state index is 12.8. The number of rotatable bonds is 6. The molecule has 2 saturated heterocycles. The van der Waals surface area contributed by atoms with Crippen molar-refractivity contribution in [3.63, 3.8) is 0 Å². The SMILES string of the molecule is CSc1cnc(-c2ccc(N(S)C(=O)Nc3ccc(N4CCOCC4=O)cc3)cc2)nc1N1CCOCC1. The maximum atomic E-state index is 12.8. The van der Waals surface area contributed by atoms with Crippen molar-refractivity contribution in [3.8, 4) is 11.4 Å². The number of nitrogens with zero attached hydrogens (tertiary/aromatic N) is 5. The molecule has 0 unspecified atom stereocenters. The molecule has 3 heterocycles. The number of carbonyl (C=O) groups excluding carboxylic acids is 2. The van der Waals surface area contributed by atoms with E-state index in [-0.39, 0.29) is 12.5 Å². The van der Waals surface area contributed by atoms with E-state index >= 15 is 0 Å². The predicted molar refractivity (Wildman–Crippen MR) is 152 cm³/mol. The molecule has 2 aliphatic heterocycles. The molecule has 1 N–H and O–H groups in total. The molecular formula is C26H28N6O4S2. The highest BCUT2D eigenvalue weighted by molar-refractivity contribution is 7.98. The average Bonchev–Trinajstić information content (AvgIpc) is 2.97. The van der Waals surface area contributed by atoms with E-state index in [4.69, 9.17) is 14.5 Å². The smallest absolute Gasteiger partial charge is 0.336 e. The van der Waals surface area contributed by atoms with E-state index in [0.717, 1.165) is 35.1 Å². The van der Waals surface area contributed by atoms with Gasteiger partial charge in [-0.1, -0.05) is 12.8 Å². The summed E-state index contributed by atoms with van der Waals surface area (Å²) in [5.41, 5.74) is 2.79. The second-order valence-corrected chi connectivity index (χ2v) is 9.87. The van der Waals surface area contributed by atoms with Crippen molar-refractivity contribution >= 4 is 59.4 Å². The minimum Gasteiger partial charge on any atom is -0.378 e. The Kier molecular flexibility index (Phi) is 8.32. The highest BCUT2D eigenvalue weighted by atomic mass is 32.2. The molecule has 3 amide bonds. The molecule has 2 aliphatic rings. The first-order valence-corrected chi connectivity index (χ1v) is 13.8. The summed E-state index contributed by atoms with van der Waals surface area (Å²) in [6.45, 7) is 4.03. The Morgan fingerprint density at radius 3 is 2.42 bits per heavy atom. The van der Waals surface area contributed by atoms with Gasteiger partial charge in [-0.15, -0.1) is 11.8 Å². The van der Waals surface area contributed by atoms with Gasteiger partial charge in [-0.3, -0.25) is 4.79 Å². The van der Waals surface area contributed by atoms with Gasteiger partial charge in [-0.2, -0.15) is 0 Å². The van der Waals surface area contributed by atoms with Crippen LogP contribution in [0.5, 0.6) is 0 Å². The summed E-state index contributed by atoms with van der Waals surface area (Å²) in [7, 11) is 0. The highest BCUT2D eigenvalue weighted by Crippen LogP contribution is 2.30. The van der Waals surface area contributed by atoms with Gasteiger partial charge in [-0.25, -0.2) is 19.1 Å². The quantitative estimate of drug-likeness (QED) is 0.350. The molecule has 0 bridgehead atoms. The molecule has 0 saturated carbocycles. The van der Waals surface area contributed by atoms with Gasteiger partial charge < -0.3 is 24.6 Å². The van der Waals surface area contributed by atoms with E-state index in [1.165, 1.54) is 4.31 Å². The van der Waals surface area contributed by atoms with Crippen LogP contribution in [0.4, 0.5) is 27.7 Å². The van der Waals surface area contributed by atoms with Crippen molar-refractivity contribution in [2.75, 3.05) is 71.7 Å². The summed E-state index contributed by atoms with van der Waals surface area (Å²) in [5, 5.41) is 2.82. The van der Waals surface area contributed by atoms with Gasteiger partial charge in [0.05, 0.1) is 30.4 Å². The van der Waals surface area contributed by atoms with Crippen LogP contribution in [0.3, 0.4) is 0 Å². The van der Waals surface area contributed by atoms with Gasteiger partial charge in [0.2, 0.25) is 0 Å². The molecule has 3 aromatic rings. The average molecular weight is 553 g/mol. The van der Waals surface area contributed by atoms with E-state index in [1.807, 2.05) is 24.6 Å². The molecule has 198 valence electrons. The summed E-state index contributed by atoms with van der Waals surface area (Å²) >= 11 is 6.02. The lowest BCUT2D eigenvalue weighted by molar-refractivity contribution is -0.125. The molecule has 2 aromatic carbocycles. The first-order chi connectivity index (χ1) is 18.5. The molecule has 10 nitrogen and oxygen atoms in total. The Hall–Kier alpha value is -3.32. The van der Waals surface area contributed by atoms with Crippen LogP contribution in [-0.2, 0) is 14.3 Å². The van der Waals surface area contributed by atoms with Crippen LogP contribution in [0, 0.1) is 0 Å². The summed E-state index contributed by atoms with van der Waals surface area (Å²) < 4.78 is 11.9. The first-order valence-electron chi connectivity index (χ1n) is 12.2. The Labute approximate surface area is 230 Å². The number of nitrogens with one attached hydrogen (secondary N) is 1. The number of ether oxygens (including phenoxy) is 2. The fourth-order valence-corrected chi connectivity index (χ4v) is 4.91. The van der Waals surface area contributed by atoms with Crippen LogP contribution >= 0.6 is 24.6 Å². The number of aromatic nitrogens is 2. The van der Waals surface area contributed by atoms with Gasteiger partial charge in [0.1, 0.15) is 12.4 Å². The number of hydrogen-bond acceptors (Lipinski definition) is 9. The van der Waals surface area contributed by atoms with Crippen LogP contribution in [-0.4, -0.2) is 74.2 Å². The van der Waals surface area contributed by atoms with Crippen LogP contribution in [0.2, 0.25) is 0 Å². The number of benzene rings is 2. The summed E-state index contributed by atoms with van der Waals surface area (Å²) in [6, 6.07) is 14.0. The zero-order valence-corrected chi connectivity index (χ0v) is 22.6. The zero-order valence-electron chi connectivity index (χ0n) is 20.9. The molecule has 2 fully saturated rings. The minimum atomic E-state index is -0.411. The second-order valence-electron chi connectivity index (χ2n) is 8.62. The molecule has 38 heavy (non-hydrogen) atoms. The standard InChI is InChI=1S/C26H28N6O4S2/c1-38-22-16-27-24(29-25(22)30-10-13-35-14-11-30)18-2-6-21(7-3-18)32(37)26(34)28-19-4-8-20(9-5-19)31-12-15-36-17-23(31)33/h2-9,16,37H,10-15,17H2,1H3,(H,28,34). The molecular weight excluding hydrogens is 524 g/mol. The largest absolute Gasteiger partial charge is 0.378 e. The number of thioether (sulfide) groups is 1. The molecule has 5 rings (SSSR count). The van der Waals surface area contributed by atoms with E-state index in [1.54, 1.807) is 53.1 Å². The van der Waals surface area contributed by atoms with Crippen LogP contribution < -0.4 is 19.4 Å². The Balaban J connectivity index is 1.25. The lowest BCUT2D eigenvalue weighted by Gasteiger charge is -2.29. The van der Waals surface area contributed by atoms with E-state index in [2.05, 4.69) is 28.0 Å². The first kappa shape index (κ1) is 26.3. The number of hydrogen-bond donors (Lipinski definition) is 2. The topological polar surface area (TPSA) is 100 Å². The number of urea groups is 1. The molecule has 0 atom stereocenters. The zero-order chi connectivity index (χ0) is 26.5. The summed E-state index contributed by atoms with van der Waals surface area (Å²) in [5.74, 6) is 1.44. The van der Waals surface area contributed by atoms with Gasteiger partial charge in [0.25, 0.3) is 5.91 Å². The number of anilines is 4. The van der Waals surface area contributed by atoms with Gasteiger partial charge in [-0.05, 0) is 54.8 Å². The molecule has 1 aromatic heterocycles. The van der Waals surface area contributed by atoms with E-state index in [9.17, 15) is 9.59 Å². The minimum absolute atomic E-state index is 0.0795. The number of carbonyl (C=O) groups is 2. The van der Waals surface area contributed by atoms with Crippen LogP contribution in [0.15, 0.2) is 59.6 Å². The lowest BCUT2D eigenvalue weighted by Crippen LogP contribution is -2.41. The van der Waals surface area contributed by atoms with E-state index < -0.39 is 6.03 Å². The number of amides is 3. The number of morpholine rings is 2. The molecule has 12 heteroatoms. The van der Waals surface area contributed by atoms with Crippen molar-refractivity contribution in [2.45, 2.75) is 4.90 Å².